The molecule has 0 radical (unpaired) electrons. The molecule has 2 aromatic heterocycles. The fourth-order valence-corrected chi connectivity index (χ4v) is 5.40. The highest BCUT2D eigenvalue weighted by Crippen LogP contribution is 2.35. The van der Waals surface area contributed by atoms with Gasteiger partial charge in [0.1, 0.15) is 10.6 Å². The molecule has 2 heterocycles. The number of carboxylic acids is 1. The van der Waals surface area contributed by atoms with Gasteiger partial charge in [0.05, 0.1) is 11.6 Å². The molecule has 0 fully saturated rings. The minimum Gasteiger partial charge on any atom is -0.477 e. The van der Waals surface area contributed by atoms with Crippen LogP contribution in [0.1, 0.15) is 56.2 Å². The van der Waals surface area contributed by atoms with Crippen LogP contribution in [0.5, 0.6) is 0 Å². The molecule has 0 aliphatic rings. The fraction of sp³-hybridized carbons (Fsp3) is 0.214. The Hall–Kier alpha value is -3.24. The quantitative estimate of drug-likeness (QED) is 0.288. The number of rotatable bonds is 7. The largest absolute Gasteiger partial charge is 0.477 e. The molecular formula is C28H25NO3S2. The number of benzene rings is 2. The third-order valence-electron chi connectivity index (χ3n) is 5.49. The van der Waals surface area contributed by atoms with Crippen LogP contribution < -0.4 is 0 Å². The molecule has 0 bridgehead atoms. The standard InChI is InChI=1S/C28H25NO3S2/c1-4-32-25(24-12-5-18(2)13-19(24)3)14-22-15-26(34-27(22)28(30)31)21-9-6-20(7-10-21)8-11-23-16-33-17-29-23/h5-7,9-10,12-13,15-17,25H,4,14H2,1-3H3,(H,30,31). The van der Waals surface area contributed by atoms with Crippen LogP contribution in [-0.4, -0.2) is 22.7 Å². The van der Waals surface area contributed by atoms with Crippen molar-refractivity contribution in [3.63, 3.8) is 0 Å². The normalized spacial score (nSPS) is 11.6. The van der Waals surface area contributed by atoms with E-state index in [4.69, 9.17) is 4.74 Å². The van der Waals surface area contributed by atoms with Gasteiger partial charge in [-0.2, -0.15) is 0 Å². The van der Waals surface area contributed by atoms with Crippen LogP contribution in [0.4, 0.5) is 0 Å². The second kappa shape index (κ2) is 10.8. The van der Waals surface area contributed by atoms with Gasteiger partial charge in [0.15, 0.2) is 0 Å². The molecule has 1 unspecified atom stereocenters. The number of carbonyl (C=O) groups is 1. The number of hydrogen-bond donors (Lipinski definition) is 1. The van der Waals surface area contributed by atoms with Crippen molar-refractivity contribution in [1.29, 1.82) is 0 Å². The van der Waals surface area contributed by atoms with E-state index < -0.39 is 5.97 Å². The lowest BCUT2D eigenvalue weighted by Gasteiger charge is -2.20. The number of carboxylic acid groups (broad SMARTS) is 1. The third-order valence-corrected chi connectivity index (χ3v) is 7.29. The van der Waals surface area contributed by atoms with Crippen molar-refractivity contribution in [1.82, 2.24) is 4.98 Å². The maximum atomic E-state index is 12.1. The molecule has 0 amide bonds. The Labute approximate surface area is 207 Å². The lowest BCUT2D eigenvalue weighted by atomic mass is 9.96. The Bertz CT molecular complexity index is 1340. The van der Waals surface area contributed by atoms with Gasteiger partial charge in [-0.15, -0.1) is 22.7 Å². The number of hydrogen-bond acceptors (Lipinski definition) is 5. The van der Waals surface area contributed by atoms with Crippen molar-refractivity contribution < 1.29 is 14.6 Å². The number of ether oxygens (including phenoxy) is 1. The van der Waals surface area contributed by atoms with Gasteiger partial charge in [-0.3, -0.25) is 0 Å². The SMILES string of the molecule is CCOC(Cc1cc(-c2ccc(C#Cc3cscn3)cc2)sc1C(=O)O)c1ccc(C)cc1C. The molecule has 4 aromatic rings. The summed E-state index contributed by atoms with van der Waals surface area (Å²) < 4.78 is 6.07. The highest BCUT2D eigenvalue weighted by atomic mass is 32.1. The minimum atomic E-state index is -0.909. The van der Waals surface area contributed by atoms with Crippen LogP contribution in [0.25, 0.3) is 10.4 Å². The number of nitrogens with zero attached hydrogens (tertiary/aromatic N) is 1. The number of thiophene rings is 1. The van der Waals surface area contributed by atoms with Crippen LogP contribution in [0.3, 0.4) is 0 Å². The minimum absolute atomic E-state index is 0.200. The first kappa shape index (κ1) is 23.9. The van der Waals surface area contributed by atoms with E-state index in [1.165, 1.54) is 28.2 Å². The van der Waals surface area contributed by atoms with E-state index in [0.29, 0.717) is 17.9 Å². The highest BCUT2D eigenvalue weighted by Gasteiger charge is 2.22. The molecule has 1 N–H and O–H groups in total. The number of aryl methyl sites for hydroxylation is 2. The lowest BCUT2D eigenvalue weighted by Crippen LogP contribution is -2.11. The zero-order chi connectivity index (χ0) is 24.1. The lowest BCUT2D eigenvalue weighted by molar-refractivity contribution is 0.0614. The highest BCUT2D eigenvalue weighted by molar-refractivity contribution is 7.17. The van der Waals surface area contributed by atoms with Gasteiger partial charge < -0.3 is 9.84 Å². The van der Waals surface area contributed by atoms with E-state index >= 15 is 0 Å². The summed E-state index contributed by atoms with van der Waals surface area (Å²) in [5.41, 5.74) is 8.61. The van der Waals surface area contributed by atoms with Gasteiger partial charge in [-0.05, 0) is 67.1 Å². The molecule has 1 atom stereocenters. The molecule has 0 aliphatic heterocycles. The van der Waals surface area contributed by atoms with E-state index in [2.05, 4.69) is 48.9 Å². The van der Waals surface area contributed by atoms with Crippen LogP contribution >= 0.6 is 22.7 Å². The summed E-state index contributed by atoms with van der Waals surface area (Å²) in [6.45, 7) is 6.66. The molecule has 0 aliphatic carbocycles. The number of aromatic nitrogens is 1. The summed E-state index contributed by atoms with van der Waals surface area (Å²) in [6, 6.07) is 16.2. The zero-order valence-corrected chi connectivity index (χ0v) is 20.9. The Morgan fingerprint density at radius 3 is 2.56 bits per heavy atom. The molecule has 172 valence electrons. The maximum absolute atomic E-state index is 12.1. The van der Waals surface area contributed by atoms with Gasteiger partial charge in [0.2, 0.25) is 0 Å². The van der Waals surface area contributed by atoms with Crippen LogP contribution in [0, 0.1) is 25.7 Å². The first-order valence-corrected chi connectivity index (χ1v) is 12.8. The molecule has 6 heteroatoms. The van der Waals surface area contributed by atoms with E-state index in [1.807, 2.05) is 42.6 Å². The van der Waals surface area contributed by atoms with Crippen LogP contribution in [0.2, 0.25) is 0 Å². The van der Waals surface area contributed by atoms with Crippen molar-refractivity contribution in [2.75, 3.05) is 6.61 Å². The average Bonchev–Trinajstić information content (AvgIpc) is 3.48. The molecule has 4 nitrogen and oxygen atoms in total. The third kappa shape index (κ3) is 5.63. The second-order valence-corrected chi connectivity index (χ2v) is 9.75. The van der Waals surface area contributed by atoms with Gasteiger partial charge in [-0.25, -0.2) is 9.78 Å². The van der Waals surface area contributed by atoms with Crippen molar-refractivity contribution >= 4 is 28.6 Å². The van der Waals surface area contributed by atoms with E-state index in [9.17, 15) is 9.90 Å². The molecule has 2 aromatic carbocycles. The summed E-state index contributed by atoms with van der Waals surface area (Å²) >= 11 is 2.82. The molecule has 34 heavy (non-hydrogen) atoms. The second-order valence-electron chi connectivity index (χ2n) is 7.98. The molecule has 4 rings (SSSR count). The predicted molar refractivity (Wildman–Crippen MR) is 139 cm³/mol. The summed E-state index contributed by atoms with van der Waals surface area (Å²) in [4.78, 5) is 17.5. The van der Waals surface area contributed by atoms with E-state index in [-0.39, 0.29) is 6.10 Å². The van der Waals surface area contributed by atoms with E-state index in [0.717, 1.165) is 38.4 Å². The van der Waals surface area contributed by atoms with Gasteiger partial charge in [0.25, 0.3) is 0 Å². The summed E-state index contributed by atoms with van der Waals surface area (Å²) in [5, 5.41) is 11.8. The number of aromatic carboxylic acids is 1. The summed E-state index contributed by atoms with van der Waals surface area (Å²) in [6.07, 6.45) is 0.307. The Morgan fingerprint density at radius 1 is 1.12 bits per heavy atom. The van der Waals surface area contributed by atoms with Crippen molar-refractivity contribution in [2.45, 2.75) is 33.3 Å². The molecule has 0 saturated heterocycles. The fourth-order valence-electron chi connectivity index (χ4n) is 3.88. The first-order chi connectivity index (χ1) is 16.4. The van der Waals surface area contributed by atoms with Crippen molar-refractivity contribution in [3.8, 4) is 22.3 Å². The predicted octanol–water partition coefficient (Wildman–Crippen LogP) is 6.91. The monoisotopic (exact) mass is 487 g/mol. The van der Waals surface area contributed by atoms with Crippen molar-refractivity contribution in [2.24, 2.45) is 0 Å². The van der Waals surface area contributed by atoms with E-state index in [1.54, 1.807) is 5.51 Å². The molecular weight excluding hydrogens is 462 g/mol. The van der Waals surface area contributed by atoms with Crippen LogP contribution in [-0.2, 0) is 11.2 Å². The zero-order valence-electron chi connectivity index (χ0n) is 19.3. The maximum Gasteiger partial charge on any atom is 0.346 e. The van der Waals surface area contributed by atoms with Crippen LogP contribution in [0.15, 0.2) is 59.4 Å². The van der Waals surface area contributed by atoms with Gasteiger partial charge in [0, 0.05) is 28.8 Å². The molecule has 0 saturated carbocycles. The average molecular weight is 488 g/mol. The Kier molecular flexibility index (Phi) is 7.59. The smallest absolute Gasteiger partial charge is 0.346 e. The summed E-state index contributed by atoms with van der Waals surface area (Å²) in [5.74, 6) is 5.25. The van der Waals surface area contributed by atoms with Gasteiger partial charge >= 0.3 is 5.97 Å². The van der Waals surface area contributed by atoms with Gasteiger partial charge in [-0.1, -0.05) is 41.8 Å². The van der Waals surface area contributed by atoms with Crippen molar-refractivity contribution in [3.05, 3.63) is 97.8 Å². The topological polar surface area (TPSA) is 59.4 Å². The summed E-state index contributed by atoms with van der Waals surface area (Å²) in [7, 11) is 0. The Balaban J connectivity index is 1.61. The Morgan fingerprint density at radius 2 is 1.91 bits per heavy atom. The first-order valence-electron chi connectivity index (χ1n) is 11.0. The number of thiazole rings is 1. The molecule has 0 spiro atoms.